The molecule has 0 spiro atoms. The third-order valence-corrected chi connectivity index (χ3v) is 2.28. The first-order chi connectivity index (χ1) is 9.19. The molecular weight excluding hydrogens is 248 g/mol. The van der Waals surface area contributed by atoms with E-state index in [1.165, 1.54) is 0 Å². The Balaban J connectivity index is 2.72. The first-order valence-electron chi connectivity index (χ1n) is 5.99. The topological polar surface area (TPSA) is 76.7 Å². The number of benzene rings is 1. The van der Waals surface area contributed by atoms with Gasteiger partial charge in [-0.1, -0.05) is 12.1 Å². The highest BCUT2D eigenvalue weighted by molar-refractivity contribution is 6.02. The summed E-state index contributed by atoms with van der Waals surface area (Å²) in [4.78, 5) is 23.3. The summed E-state index contributed by atoms with van der Waals surface area (Å²) in [6.45, 7) is 2.82. The summed E-state index contributed by atoms with van der Waals surface area (Å²) in [6.07, 6.45) is -0.584. The zero-order chi connectivity index (χ0) is 14.1. The number of anilines is 1. The van der Waals surface area contributed by atoms with E-state index in [2.05, 4.69) is 10.6 Å². The Labute approximate surface area is 112 Å². The van der Waals surface area contributed by atoms with Crippen molar-refractivity contribution in [3.63, 3.8) is 0 Å². The van der Waals surface area contributed by atoms with Crippen molar-refractivity contribution in [2.24, 2.45) is 0 Å². The maximum atomic E-state index is 11.9. The molecule has 0 aliphatic rings. The van der Waals surface area contributed by atoms with Crippen LogP contribution in [0.15, 0.2) is 24.3 Å². The largest absolute Gasteiger partial charge is 0.450 e. The monoisotopic (exact) mass is 266 g/mol. The second kappa shape index (κ2) is 8.10. The average Bonchev–Trinajstić information content (AvgIpc) is 2.39. The molecule has 6 nitrogen and oxygen atoms in total. The predicted molar refractivity (Wildman–Crippen MR) is 71.3 cm³/mol. The van der Waals surface area contributed by atoms with E-state index in [0.717, 1.165) is 0 Å². The molecule has 0 atom stereocenters. The molecule has 6 heteroatoms. The molecule has 19 heavy (non-hydrogen) atoms. The number of hydrogen-bond donors (Lipinski definition) is 2. The van der Waals surface area contributed by atoms with Gasteiger partial charge in [-0.2, -0.15) is 0 Å². The number of methoxy groups -OCH3 is 1. The van der Waals surface area contributed by atoms with Crippen LogP contribution in [0.5, 0.6) is 0 Å². The Morgan fingerprint density at radius 1 is 1.26 bits per heavy atom. The minimum Gasteiger partial charge on any atom is -0.450 e. The van der Waals surface area contributed by atoms with Gasteiger partial charge in [-0.3, -0.25) is 10.1 Å². The summed E-state index contributed by atoms with van der Waals surface area (Å²) in [5.41, 5.74) is 0.794. The van der Waals surface area contributed by atoms with Gasteiger partial charge in [-0.15, -0.1) is 0 Å². The first-order valence-corrected chi connectivity index (χ1v) is 5.99. The lowest BCUT2D eigenvalue weighted by molar-refractivity contribution is 0.0938. The molecule has 0 saturated heterocycles. The van der Waals surface area contributed by atoms with E-state index in [4.69, 9.17) is 9.47 Å². The van der Waals surface area contributed by atoms with E-state index in [0.29, 0.717) is 24.4 Å². The van der Waals surface area contributed by atoms with Crippen molar-refractivity contribution in [1.82, 2.24) is 5.32 Å². The number of carbonyl (C=O) groups is 2. The standard InChI is InChI=1S/C13H18N2O4/c1-3-19-13(17)15-11-7-5-4-6-10(11)12(16)14-8-9-18-2/h4-7H,3,8-9H2,1-2H3,(H,14,16)(H,15,17). The molecule has 2 N–H and O–H groups in total. The van der Waals surface area contributed by atoms with Gasteiger partial charge in [0, 0.05) is 13.7 Å². The normalized spacial score (nSPS) is 9.79. The summed E-state index contributed by atoms with van der Waals surface area (Å²) in [7, 11) is 1.56. The Kier molecular flexibility index (Phi) is 6.38. The third kappa shape index (κ3) is 4.97. The fourth-order valence-corrected chi connectivity index (χ4v) is 1.43. The van der Waals surface area contributed by atoms with Gasteiger partial charge >= 0.3 is 6.09 Å². The summed E-state index contributed by atoms with van der Waals surface area (Å²) < 4.78 is 9.63. The molecular formula is C13H18N2O4. The summed E-state index contributed by atoms with van der Waals surface area (Å²) in [5, 5.41) is 5.22. The molecule has 1 rings (SSSR count). The number of amides is 2. The van der Waals surface area contributed by atoms with E-state index in [-0.39, 0.29) is 12.5 Å². The third-order valence-electron chi connectivity index (χ3n) is 2.28. The lowest BCUT2D eigenvalue weighted by Gasteiger charge is -2.11. The fourth-order valence-electron chi connectivity index (χ4n) is 1.43. The maximum absolute atomic E-state index is 11.9. The van der Waals surface area contributed by atoms with Crippen molar-refractivity contribution in [3.8, 4) is 0 Å². The second-order valence-corrected chi connectivity index (χ2v) is 3.64. The zero-order valence-corrected chi connectivity index (χ0v) is 11.1. The maximum Gasteiger partial charge on any atom is 0.411 e. The van der Waals surface area contributed by atoms with Crippen LogP contribution in [0.3, 0.4) is 0 Å². The number of rotatable bonds is 6. The van der Waals surface area contributed by atoms with Gasteiger partial charge in [0.05, 0.1) is 24.5 Å². The molecule has 0 saturated carbocycles. The van der Waals surface area contributed by atoms with Crippen LogP contribution in [0.4, 0.5) is 10.5 Å². The van der Waals surface area contributed by atoms with Crippen LogP contribution in [0.2, 0.25) is 0 Å². The van der Waals surface area contributed by atoms with E-state index in [1.807, 2.05) is 0 Å². The quantitative estimate of drug-likeness (QED) is 0.767. The van der Waals surface area contributed by atoms with Gasteiger partial charge < -0.3 is 14.8 Å². The lowest BCUT2D eigenvalue weighted by Crippen LogP contribution is -2.28. The number of carbonyl (C=O) groups excluding carboxylic acids is 2. The van der Waals surface area contributed by atoms with Gasteiger partial charge in [0.25, 0.3) is 5.91 Å². The molecule has 0 fully saturated rings. The second-order valence-electron chi connectivity index (χ2n) is 3.64. The van der Waals surface area contributed by atoms with Gasteiger partial charge in [0.15, 0.2) is 0 Å². The summed E-state index contributed by atoms with van der Waals surface area (Å²) in [5.74, 6) is -0.274. The Morgan fingerprint density at radius 3 is 2.68 bits per heavy atom. The smallest absolute Gasteiger partial charge is 0.411 e. The van der Waals surface area contributed by atoms with E-state index in [1.54, 1.807) is 38.3 Å². The minimum atomic E-state index is -0.584. The molecule has 0 heterocycles. The number of nitrogens with one attached hydrogen (secondary N) is 2. The van der Waals surface area contributed by atoms with Crippen molar-refractivity contribution >= 4 is 17.7 Å². The minimum absolute atomic E-state index is 0.272. The SMILES string of the molecule is CCOC(=O)Nc1ccccc1C(=O)NCCOC. The van der Waals surface area contributed by atoms with Crippen LogP contribution in [0.1, 0.15) is 17.3 Å². The van der Waals surface area contributed by atoms with Gasteiger partial charge in [0.2, 0.25) is 0 Å². The Bertz CT molecular complexity index is 434. The summed E-state index contributed by atoms with van der Waals surface area (Å²) >= 11 is 0. The Morgan fingerprint density at radius 2 is 2.00 bits per heavy atom. The van der Waals surface area contributed by atoms with Crippen molar-refractivity contribution in [2.75, 3.05) is 32.2 Å². The van der Waals surface area contributed by atoms with Gasteiger partial charge in [-0.05, 0) is 19.1 Å². The Hall–Kier alpha value is -2.08. The van der Waals surface area contributed by atoms with Crippen molar-refractivity contribution < 1.29 is 19.1 Å². The van der Waals surface area contributed by atoms with Gasteiger partial charge in [0.1, 0.15) is 0 Å². The van der Waals surface area contributed by atoms with Crippen LogP contribution >= 0.6 is 0 Å². The molecule has 104 valence electrons. The zero-order valence-electron chi connectivity index (χ0n) is 11.1. The van der Waals surface area contributed by atoms with E-state index >= 15 is 0 Å². The average molecular weight is 266 g/mol. The fraction of sp³-hybridized carbons (Fsp3) is 0.385. The van der Waals surface area contributed by atoms with Crippen molar-refractivity contribution in [3.05, 3.63) is 29.8 Å². The van der Waals surface area contributed by atoms with Crippen molar-refractivity contribution in [2.45, 2.75) is 6.92 Å². The first kappa shape index (κ1) is 15.0. The van der Waals surface area contributed by atoms with Crippen LogP contribution < -0.4 is 10.6 Å². The molecule has 0 bridgehead atoms. The molecule has 0 unspecified atom stereocenters. The van der Waals surface area contributed by atoms with E-state index < -0.39 is 6.09 Å². The van der Waals surface area contributed by atoms with Crippen LogP contribution in [-0.4, -0.2) is 38.9 Å². The number of ether oxygens (including phenoxy) is 2. The number of para-hydroxylation sites is 1. The van der Waals surface area contributed by atoms with E-state index in [9.17, 15) is 9.59 Å². The highest BCUT2D eigenvalue weighted by atomic mass is 16.5. The molecule has 2 amide bonds. The predicted octanol–water partition coefficient (Wildman–Crippen LogP) is 1.63. The van der Waals surface area contributed by atoms with Crippen LogP contribution in [0.25, 0.3) is 0 Å². The van der Waals surface area contributed by atoms with Crippen molar-refractivity contribution in [1.29, 1.82) is 0 Å². The van der Waals surface area contributed by atoms with Crippen LogP contribution in [0, 0.1) is 0 Å². The lowest BCUT2D eigenvalue weighted by atomic mass is 10.1. The molecule has 1 aromatic carbocycles. The molecule has 0 aliphatic carbocycles. The molecule has 1 aromatic rings. The summed E-state index contributed by atoms with van der Waals surface area (Å²) in [6, 6.07) is 6.72. The molecule has 0 radical (unpaired) electrons. The van der Waals surface area contributed by atoms with Crippen LogP contribution in [-0.2, 0) is 9.47 Å². The van der Waals surface area contributed by atoms with Gasteiger partial charge in [-0.25, -0.2) is 4.79 Å². The highest BCUT2D eigenvalue weighted by Crippen LogP contribution is 2.15. The molecule has 0 aromatic heterocycles. The number of hydrogen-bond acceptors (Lipinski definition) is 4. The molecule has 0 aliphatic heterocycles. The highest BCUT2D eigenvalue weighted by Gasteiger charge is 2.12.